The highest BCUT2D eigenvalue weighted by Gasteiger charge is 2.30. The third-order valence-corrected chi connectivity index (χ3v) is 4.44. The molecular formula is C12H19N3O5S. The van der Waals surface area contributed by atoms with Crippen molar-refractivity contribution in [3.63, 3.8) is 0 Å². The Bertz CT molecular complexity index is 592. The van der Waals surface area contributed by atoms with Crippen molar-refractivity contribution in [2.24, 2.45) is 5.41 Å². The summed E-state index contributed by atoms with van der Waals surface area (Å²) in [6.07, 6.45) is 1.21. The van der Waals surface area contributed by atoms with Crippen LogP contribution in [0.15, 0.2) is 23.2 Å². The van der Waals surface area contributed by atoms with E-state index in [-0.39, 0.29) is 23.3 Å². The normalized spacial score (nSPS) is 13.9. The molecular weight excluding hydrogens is 298 g/mol. The van der Waals surface area contributed by atoms with Gasteiger partial charge in [0.15, 0.2) is 6.20 Å². The lowest BCUT2D eigenvalue weighted by Gasteiger charge is -2.30. The maximum Gasteiger partial charge on any atom is 0.363 e. The monoisotopic (exact) mass is 317 g/mol. The van der Waals surface area contributed by atoms with Crippen LogP contribution in [0.25, 0.3) is 0 Å². The van der Waals surface area contributed by atoms with Gasteiger partial charge in [-0.1, -0.05) is 20.8 Å². The van der Waals surface area contributed by atoms with Crippen molar-refractivity contribution in [1.29, 1.82) is 0 Å². The van der Waals surface area contributed by atoms with Crippen molar-refractivity contribution in [1.82, 2.24) is 9.71 Å². The van der Waals surface area contributed by atoms with Crippen LogP contribution < -0.4 is 4.72 Å². The summed E-state index contributed by atoms with van der Waals surface area (Å²) in [5, 5.41) is 19.5. The zero-order valence-corrected chi connectivity index (χ0v) is 12.9. The highest BCUT2D eigenvalue weighted by molar-refractivity contribution is 7.89. The van der Waals surface area contributed by atoms with Crippen LogP contribution in [0.1, 0.15) is 27.2 Å². The molecule has 0 amide bonds. The average Bonchev–Trinajstić information content (AvgIpc) is 2.37. The fourth-order valence-electron chi connectivity index (χ4n) is 1.69. The standard InChI is InChI=1S/C12H19N3O5S/c1-12(2,3)10(6-7-16)14-21(19,20)9-4-5-11(13-8-9)15(17)18/h4-5,8,10,14,16H,6-7H2,1-3H3. The molecule has 9 heteroatoms. The van der Waals surface area contributed by atoms with E-state index in [1.165, 1.54) is 0 Å². The Kier molecular flexibility index (Phi) is 5.37. The Hall–Kier alpha value is -1.58. The molecule has 1 rings (SSSR count). The molecule has 0 fully saturated rings. The van der Waals surface area contributed by atoms with E-state index in [9.17, 15) is 18.5 Å². The molecule has 21 heavy (non-hydrogen) atoms. The van der Waals surface area contributed by atoms with Crippen molar-refractivity contribution >= 4 is 15.8 Å². The van der Waals surface area contributed by atoms with Gasteiger partial charge in [0, 0.05) is 18.7 Å². The van der Waals surface area contributed by atoms with Gasteiger partial charge >= 0.3 is 5.82 Å². The molecule has 1 aromatic rings. The third kappa shape index (κ3) is 4.73. The Labute approximate surface area is 123 Å². The molecule has 0 saturated heterocycles. The van der Waals surface area contributed by atoms with Crippen molar-refractivity contribution in [3.8, 4) is 0 Å². The number of hydrogen-bond acceptors (Lipinski definition) is 6. The first-order valence-corrected chi connectivity index (χ1v) is 7.80. The molecule has 1 unspecified atom stereocenters. The Morgan fingerprint density at radius 1 is 1.43 bits per heavy atom. The number of aliphatic hydroxyl groups is 1. The van der Waals surface area contributed by atoms with Crippen molar-refractivity contribution in [2.75, 3.05) is 6.61 Å². The molecule has 0 bridgehead atoms. The lowest BCUT2D eigenvalue weighted by molar-refractivity contribution is -0.389. The lowest BCUT2D eigenvalue weighted by Crippen LogP contribution is -2.44. The summed E-state index contributed by atoms with van der Waals surface area (Å²) in [6.45, 7) is 5.40. The summed E-state index contributed by atoms with van der Waals surface area (Å²) in [4.78, 5) is 13.1. The van der Waals surface area contributed by atoms with Gasteiger partial charge in [-0.15, -0.1) is 0 Å². The van der Waals surface area contributed by atoms with Gasteiger partial charge in [-0.2, -0.15) is 0 Å². The van der Waals surface area contributed by atoms with Gasteiger partial charge in [0.05, 0.1) is 0 Å². The molecule has 0 saturated carbocycles. The van der Waals surface area contributed by atoms with Crippen molar-refractivity contribution < 1.29 is 18.4 Å². The van der Waals surface area contributed by atoms with Gasteiger partial charge in [-0.3, -0.25) is 0 Å². The molecule has 0 spiro atoms. The largest absolute Gasteiger partial charge is 0.396 e. The van der Waals surface area contributed by atoms with Crippen LogP contribution in [0.3, 0.4) is 0 Å². The molecule has 0 aromatic carbocycles. The Balaban J connectivity index is 3.02. The van der Waals surface area contributed by atoms with E-state index in [1.807, 2.05) is 20.8 Å². The van der Waals surface area contributed by atoms with Crippen LogP contribution in [0.4, 0.5) is 5.82 Å². The number of pyridine rings is 1. The van der Waals surface area contributed by atoms with Gasteiger partial charge in [0.25, 0.3) is 0 Å². The molecule has 0 aliphatic carbocycles. The summed E-state index contributed by atoms with van der Waals surface area (Å²) >= 11 is 0. The maximum absolute atomic E-state index is 12.2. The minimum absolute atomic E-state index is 0.150. The van der Waals surface area contributed by atoms with Crippen LogP contribution in [0, 0.1) is 15.5 Å². The van der Waals surface area contributed by atoms with Crippen LogP contribution in [0.5, 0.6) is 0 Å². The van der Waals surface area contributed by atoms with Gasteiger partial charge in [-0.05, 0) is 27.8 Å². The molecule has 0 radical (unpaired) electrons. The van der Waals surface area contributed by atoms with Crippen molar-refractivity contribution in [3.05, 3.63) is 28.4 Å². The predicted octanol–water partition coefficient (Wildman–Crippen LogP) is 1.07. The van der Waals surface area contributed by atoms with E-state index in [4.69, 9.17) is 5.11 Å². The molecule has 1 aromatic heterocycles. The summed E-state index contributed by atoms with van der Waals surface area (Å²) in [5.74, 6) is -0.420. The number of nitrogens with one attached hydrogen (secondary N) is 1. The zero-order valence-electron chi connectivity index (χ0n) is 12.1. The van der Waals surface area contributed by atoms with Gasteiger partial charge in [0.2, 0.25) is 10.0 Å². The van der Waals surface area contributed by atoms with Crippen molar-refractivity contribution in [2.45, 2.75) is 38.1 Å². The minimum Gasteiger partial charge on any atom is -0.396 e. The lowest BCUT2D eigenvalue weighted by atomic mass is 9.86. The summed E-state index contributed by atoms with van der Waals surface area (Å²) in [5.41, 5.74) is -0.385. The second kappa shape index (κ2) is 6.46. The minimum atomic E-state index is -3.85. The van der Waals surface area contributed by atoms with E-state index in [2.05, 4.69) is 9.71 Å². The summed E-state index contributed by atoms with van der Waals surface area (Å²) in [7, 11) is -3.85. The summed E-state index contributed by atoms with van der Waals surface area (Å²) < 4.78 is 27.0. The molecule has 1 atom stereocenters. The number of aromatic nitrogens is 1. The number of aliphatic hydroxyl groups excluding tert-OH is 1. The number of nitro groups is 1. The second-order valence-electron chi connectivity index (χ2n) is 5.66. The fourth-order valence-corrected chi connectivity index (χ4v) is 3.11. The van der Waals surface area contributed by atoms with E-state index in [0.29, 0.717) is 0 Å². The smallest absolute Gasteiger partial charge is 0.363 e. The topological polar surface area (TPSA) is 122 Å². The molecule has 8 nitrogen and oxygen atoms in total. The number of sulfonamides is 1. The molecule has 118 valence electrons. The third-order valence-electron chi connectivity index (χ3n) is 2.98. The van der Waals surface area contributed by atoms with Gasteiger partial charge in [0.1, 0.15) is 4.90 Å². The Morgan fingerprint density at radius 2 is 2.05 bits per heavy atom. The number of rotatable bonds is 6. The maximum atomic E-state index is 12.2. The Morgan fingerprint density at radius 3 is 2.43 bits per heavy atom. The quantitative estimate of drug-likeness (QED) is 0.597. The van der Waals surface area contributed by atoms with Gasteiger partial charge < -0.3 is 15.2 Å². The van der Waals surface area contributed by atoms with Gasteiger partial charge in [-0.25, -0.2) is 13.1 Å². The average molecular weight is 317 g/mol. The highest BCUT2D eigenvalue weighted by Crippen LogP contribution is 2.24. The second-order valence-corrected chi connectivity index (χ2v) is 7.38. The molecule has 2 N–H and O–H groups in total. The first-order chi connectivity index (χ1) is 9.58. The van der Waals surface area contributed by atoms with E-state index < -0.39 is 26.8 Å². The predicted molar refractivity (Wildman–Crippen MR) is 76.2 cm³/mol. The highest BCUT2D eigenvalue weighted by atomic mass is 32.2. The van der Waals surface area contributed by atoms with Crippen LogP contribution in [0.2, 0.25) is 0 Å². The number of nitrogens with zero attached hydrogens (tertiary/aromatic N) is 2. The summed E-state index contributed by atoms with van der Waals surface area (Å²) in [6, 6.07) is 1.70. The zero-order chi connectivity index (χ0) is 16.3. The molecule has 0 aliphatic rings. The van der Waals surface area contributed by atoms with E-state index in [0.717, 1.165) is 18.3 Å². The SMILES string of the molecule is CC(C)(C)C(CCO)NS(=O)(=O)c1ccc([N+](=O)[O-])nc1. The first-order valence-electron chi connectivity index (χ1n) is 6.31. The van der Waals surface area contributed by atoms with Crippen LogP contribution in [-0.4, -0.2) is 36.1 Å². The molecule has 0 aliphatic heterocycles. The van der Waals surface area contributed by atoms with Crippen LogP contribution in [-0.2, 0) is 10.0 Å². The molecule has 1 heterocycles. The van der Waals surface area contributed by atoms with E-state index in [1.54, 1.807) is 0 Å². The van der Waals surface area contributed by atoms with Crippen LogP contribution >= 0.6 is 0 Å². The van der Waals surface area contributed by atoms with E-state index >= 15 is 0 Å². The first kappa shape index (κ1) is 17.5. The number of hydrogen-bond donors (Lipinski definition) is 2. The fraction of sp³-hybridized carbons (Fsp3) is 0.583.